The minimum atomic E-state index is -1.14. The summed E-state index contributed by atoms with van der Waals surface area (Å²) >= 11 is 0. The van der Waals surface area contributed by atoms with Crippen LogP contribution in [0, 0.1) is 0 Å². The van der Waals surface area contributed by atoms with Crippen LogP contribution in [0.3, 0.4) is 0 Å². The average Bonchev–Trinajstić information content (AvgIpc) is 3.21. The van der Waals surface area contributed by atoms with Gasteiger partial charge in [-0.3, -0.25) is 9.59 Å². The Hall–Kier alpha value is -4.01. The summed E-state index contributed by atoms with van der Waals surface area (Å²) in [4.78, 5) is 36.9. The van der Waals surface area contributed by atoms with Crippen LogP contribution < -0.4 is 5.11 Å². The summed E-state index contributed by atoms with van der Waals surface area (Å²) in [6.45, 7) is 4.41. The van der Waals surface area contributed by atoms with Crippen molar-refractivity contribution < 1.29 is 38.2 Å². The van der Waals surface area contributed by atoms with Crippen molar-refractivity contribution in [2.75, 3.05) is 41.0 Å². The zero-order valence-corrected chi connectivity index (χ0v) is 38.3. The Balaban J connectivity index is 4.48. The third-order valence-corrected chi connectivity index (χ3v) is 9.59. The smallest absolute Gasteiger partial charge is 0.306 e. The molecule has 0 aliphatic rings. The van der Waals surface area contributed by atoms with Gasteiger partial charge in [0.25, 0.3) is 0 Å². The Kier molecular flexibility index (Phi) is 38.9. The molecule has 0 heterocycles. The maximum Gasteiger partial charge on any atom is 0.306 e. The number of carboxylic acids is 1. The minimum Gasteiger partial charge on any atom is -0.544 e. The van der Waals surface area contributed by atoms with Crippen molar-refractivity contribution in [2.45, 2.75) is 161 Å². The number of aliphatic carboxylic acids is 1. The first-order valence-electron chi connectivity index (χ1n) is 23.0. The first-order chi connectivity index (χ1) is 29.1. The molecule has 0 N–H and O–H groups in total. The molecule has 0 aromatic rings. The van der Waals surface area contributed by atoms with Crippen LogP contribution in [0.1, 0.15) is 149 Å². The molecule has 0 rings (SSSR count). The molecule has 2 unspecified atom stereocenters. The van der Waals surface area contributed by atoms with Gasteiger partial charge < -0.3 is 28.6 Å². The Morgan fingerprint density at radius 2 is 1.00 bits per heavy atom. The lowest BCUT2D eigenvalue weighted by Crippen LogP contribution is -2.55. The molecule has 60 heavy (non-hydrogen) atoms. The van der Waals surface area contributed by atoms with Crippen molar-refractivity contribution >= 4 is 17.9 Å². The van der Waals surface area contributed by atoms with Gasteiger partial charge in [-0.2, -0.15) is 0 Å². The molecule has 0 bridgehead atoms. The fourth-order valence-electron chi connectivity index (χ4n) is 6.02. The predicted octanol–water partition coefficient (Wildman–Crippen LogP) is 11.5. The van der Waals surface area contributed by atoms with Crippen molar-refractivity contribution in [1.29, 1.82) is 0 Å². The molecule has 8 heteroatoms. The van der Waals surface area contributed by atoms with E-state index in [1.165, 1.54) is 51.4 Å². The van der Waals surface area contributed by atoms with Crippen molar-refractivity contribution in [1.82, 2.24) is 0 Å². The number of hydrogen-bond acceptors (Lipinski definition) is 7. The molecule has 0 aliphatic carbocycles. The van der Waals surface area contributed by atoms with E-state index < -0.39 is 18.1 Å². The molecule has 338 valence electrons. The van der Waals surface area contributed by atoms with E-state index in [0.717, 1.165) is 57.8 Å². The number of hydrogen-bond donors (Lipinski definition) is 0. The van der Waals surface area contributed by atoms with Crippen LogP contribution in [0.5, 0.6) is 0 Å². The molecule has 0 aromatic carbocycles. The van der Waals surface area contributed by atoms with Gasteiger partial charge >= 0.3 is 11.9 Å². The molecule has 0 saturated heterocycles. The Morgan fingerprint density at radius 3 is 1.53 bits per heavy atom. The van der Waals surface area contributed by atoms with E-state index >= 15 is 0 Å². The number of quaternary nitrogens is 1. The maximum atomic E-state index is 12.7. The summed E-state index contributed by atoms with van der Waals surface area (Å²) in [7, 11) is 5.37. The quantitative estimate of drug-likeness (QED) is 0.0200. The Labute approximate surface area is 366 Å². The maximum absolute atomic E-state index is 12.7. The monoisotopic (exact) mass is 834 g/mol. The molecule has 0 radical (unpaired) electrons. The highest BCUT2D eigenvalue weighted by atomic mass is 16.6. The van der Waals surface area contributed by atoms with Gasteiger partial charge in [-0.25, -0.2) is 0 Å². The van der Waals surface area contributed by atoms with Crippen LogP contribution in [-0.2, 0) is 28.6 Å². The summed E-state index contributed by atoms with van der Waals surface area (Å²) in [5, 5.41) is 11.6. The molecule has 0 aliphatic heterocycles. The van der Waals surface area contributed by atoms with Gasteiger partial charge in [-0.05, 0) is 64.2 Å². The van der Waals surface area contributed by atoms with Crippen LogP contribution in [-0.4, -0.2) is 75.5 Å². The van der Waals surface area contributed by atoms with E-state index in [2.05, 4.69) is 50.3 Å². The van der Waals surface area contributed by atoms with Gasteiger partial charge in [0.1, 0.15) is 12.6 Å². The van der Waals surface area contributed by atoms with Crippen molar-refractivity contribution in [2.24, 2.45) is 0 Å². The van der Waals surface area contributed by atoms with Crippen molar-refractivity contribution in [3.63, 3.8) is 0 Å². The van der Waals surface area contributed by atoms with E-state index in [0.29, 0.717) is 12.8 Å². The van der Waals surface area contributed by atoms with Crippen molar-refractivity contribution in [3.05, 3.63) is 109 Å². The van der Waals surface area contributed by atoms with E-state index in [9.17, 15) is 19.5 Å². The molecular weight excluding hydrogens is 751 g/mol. The SMILES string of the molecule is CC/C=C/C=C/C=C/C=C/C=C/C=C/C=C/CCCCCC(=O)OC(COCCC(C(=O)[O-])[N+](C)(C)C)COC(=O)CCCCCCCCC/C=C/C/C=C/CCCCC. The highest BCUT2D eigenvalue weighted by Gasteiger charge is 2.25. The molecular formula is C52H83NO7. The topological polar surface area (TPSA) is 102 Å². The second-order valence-corrected chi connectivity index (χ2v) is 16.1. The Morgan fingerprint density at radius 1 is 0.533 bits per heavy atom. The largest absolute Gasteiger partial charge is 0.544 e. The molecule has 0 amide bonds. The standard InChI is InChI=1S/C52H83NO7/c1-6-8-10-12-14-16-18-20-22-24-25-27-29-31-33-35-37-39-41-43-51(55)60-48(46-58-45-44-49(52(56)57)53(3,4)5)47-59-50(54)42-40-38-36-34-32-30-28-26-23-21-19-17-15-13-11-9-7-2/h8,10,12,14-18,20-25,27,29,31,33,48-49H,6-7,9,11,13,19,26,28,30,32,34-47H2,1-5H3/b10-8+,14-12+,17-15+,18-16+,22-20+,23-21+,25-24+,29-27+,33-31+. The third-order valence-electron chi connectivity index (χ3n) is 9.59. The molecule has 0 saturated carbocycles. The zero-order valence-electron chi connectivity index (χ0n) is 38.3. The fourth-order valence-corrected chi connectivity index (χ4v) is 6.02. The molecule has 0 aromatic heterocycles. The number of nitrogens with zero attached hydrogens (tertiary/aromatic N) is 1. The predicted molar refractivity (Wildman–Crippen MR) is 249 cm³/mol. The van der Waals surface area contributed by atoms with Crippen LogP contribution in [0.4, 0.5) is 0 Å². The number of ether oxygens (including phenoxy) is 3. The summed E-state index contributed by atoms with van der Waals surface area (Å²) < 4.78 is 17.1. The van der Waals surface area contributed by atoms with E-state index in [1.807, 2.05) is 72.9 Å². The lowest BCUT2D eigenvalue weighted by atomic mass is 10.1. The molecule has 0 spiro atoms. The van der Waals surface area contributed by atoms with Crippen molar-refractivity contribution in [3.8, 4) is 0 Å². The lowest BCUT2D eigenvalue weighted by molar-refractivity contribution is -0.889. The first kappa shape index (κ1) is 56.0. The van der Waals surface area contributed by atoms with E-state index in [4.69, 9.17) is 14.2 Å². The van der Waals surface area contributed by atoms with Crippen LogP contribution in [0.2, 0.25) is 0 Å². The normalized spacial score (nSPS) is 13.9. The van der Waals surface area contributed by atoms with Gasteiger partial charge in [0, 0.05) is 19.3 Å². The summed E-state index contributed by atoms with van der Waals surface area (Å²) in [5.41, 5.74) is 0. The van der Waals surface area contributed by atoms with Gasteiger partial charge in [0.15, 0.2) is 6.10 Å². The summed E-state index contributed by atoms with van der Waals surface area (Å²) in [5.74, 6) is -1.82. The Bertz CT molecular complexity index is 1340. The number of rotatable bonds is 39. The number of unbranched alkanes of at least 4 members (excludes halogenated alkanes) is 13. The second kappa shape index (κ2) is 41.7. The van der Waals surface area contributed by atoms with Gasteiger partial charge in [0.05, 0.1) is 40.3 Å². The first-order valence-corrected chi connectivity index (χ1v) is 23.0. The van der Waals surface area contributed by atoms with Crippen LogP contribution in [0.15, 0.2) is 109 Å². The van der Waals surface area contributed by atoms with Gasteiger partial charge in [0.2, 0.25) is 0 Å². The zero-order chi connectivity index (χ0) is 44.2. The minimum absolute atomic E-state index is 0.0114. The average molecular weight is 834 g/mol. The fraction of sp³-hybridized carbons (Fsp3) is 0.596. The van der Waals surface area contributed by atoms with Crippen LogP contribution >= 0.6 is 0 Å². The second-order valence-electron chi connectivity index (χ2n) is 16.1. The van der Waals surface area contributed by atoms with E-state index in [1.54, 1.807) is 21.1 Å². The van der Waals surface area contributed by atoms with Gasteiger partial charge in [-0.1, -0.05) is 175 Å². The molecule has 2 atom stereocenters. The number of carbonyl (C=O) groups excluding carboxylic acids is 3. The highest BCUT2D eigenvalue weighted by molar-refractivity contribution is 5.70. The number of likely N-dealkylation sites (N-methyl/N-ethyl adjacent to an activating group) is 1. The van der Waals surface area contributed by atoms with Gasteiger partial charge in [-0.15, -0.1) is 0 Å². The third kappa shape index (κ3) is 39.5. The number of carboxylic acid groups (broad SMARTS) is 1. The molecule has 8 nitrogen and oxygen atoms in total. The van der Waals surface area contributed by atoms with Crippen LogP contribution in [0.25, 0.3) is 0 Å². The lowest BCUT2D eigenvalue weighted by Gasteiger charge is -2.34. The number of carbonyl (C=O) groups is 3. The molecule has 0 fully saturated rings. The summed E-state index contributed by atoms with van der Waals surface area (Å²) in [6.07, 6.45) is 56.8. The number of allylic oxidation sites excluding steroid dienone is 18. The summed E-state index contributed by atoms with van der Waals surface area (Å²) in [6, 6.07) is -0.743. The number of esters is 2. The highest BCUT2D eigenvalue weighted by Crippen LogP contribution is 2.13. The van der Waals surface area contributed by atoms with E-state index in [-0.39, 0.29) is 49.1 Å².